The SMILES string of the molecule is COc1ccc(Cl)cc1N(CC(=O)N(Cc1c(Cl)cccc1Cl)[C@@H](C)C(=O)NCC(C)C)S(=O)(=O)c1ccc(C)c([N+](=O)[O-])c1. The number of halogens is 3. The molecule has 3 aromatic carbocycles. The molecule has 15 heteroatoms. The first-order valence-corrected chi connectivity index (χ1v) is 16.3. The maximum absolute atomic E-state index is 14.2. The molecule has 3 aromatic rings. The smallest absolute Gasteiger partial charge is 0.273 e. The second kappa shape index (κ2) is 15.1. The van der Waals surface area contributed by atoms with Crippen molar-refractivity contribution in [3.63, 3.8) is 0 Å². The van der Waals surface area contributed by atoms with Gasteiger partial charge in [0.25, 0.3) is 15.7 Å². The van der Waals surface area contributed by atoms with E-state index in [-0.39, 0.29) is 44.5 Å². The number of benzene rings is 3. The van der Waals surface area contributed by atoms with Crippen molar-refractivity contribution in [2.75, 3.05) is 24.5 Å². The van der Waals surface area contributed by atoms with Gasteiger partial charge in [0.2, 0.25) is 11.8 Å². The molecule has 0 bridgehead atoms. The Morgan fingerprint density at radius 3 is 2.24 bits per heavy atom. The number of amides is 2. The summed E-state index contributed by atoms with van der Waals surface area (Å²) in [5.41, 5.74) is 0.0626. The highest BCUT2D eigenvalue weighted by molar-refractivity contribution is 7.92. The van der Waals surface area contributed by atoms with Crippen molar-refractivity contribution >= 4 is 68.0 Å². The zero-order chi connectivity index (χ0) is 33.6. The van der Waals surface area contributed by atoms with Gasteiger partial charge in [0.1, 0.15) is 18.3 Å². The number of hydrogen-bond acceptors (Lipinski definition) is 7. The predicted octanol–water partition coefficient (Wildman–Crippen LogP) is 6.26. The van der Waals surface area contributed by atoms with E-state index in [0.29, 0.717) is 12.1 Å². The Hall–Kier alpha value is -3.58. The fourth-order valence-corrected chi connectivity index (χ4v) is 6.45. The van der Waals surface area contributed by atoms with Crippen LogP contribution < -0.4 is 14.4 Å². The fraction of sp³-hybridized carbons (Fsp3) is 0.333. The van der Waals surface area contributed by atoms with Gasteiger partial charge in [0.15, 0.2) is 0 Å². The maximum Gasteiger partial charge on any atom is 0.273 e. The van der Waals surface area contributed by atoms with Crippen molar-refractivity contribution < 1.29 is 27.7 Å². The lowest BCUT2D eigenvalue weighted by Crippen LogP contribution is -2.51. The minimum Gasteiger partial charge on any atom is -0.495 e. The molecule has 242 valence electrons. The topological polar surface area (TPSA) is 139 Å². The van der Waals surface area contributed by atoms with Crippen molar-refractivity contribution in [1.29, 1.82) is 0 Å². The summed E-state index contributed by atoms with van der Waals surface area (Å²) < 4.78 is 34.6. The molecule has 3 rings (SSSR count). The number of nitro benzene ring substituents is 1. The van der Waals surface area contributed by atoms with Crippen molar-refractivity contribution in [3.8, 4) is 5.75 Å². The molecule has 0 aliphatic rings. The Kier molecular flexibility index (Phi) is 12.1. The highest BCUT2D eigenvalue weighted by Crippen LogP contribution is 2.36. The summed E-state index contributed by atoms with van der Waals surface area (Å²) in [6.45, 7) is 6.06. The second-order valence-electron chi connectivity index (χ2n) is 10.6. The number of methoxy groups -OCH3 is 1. The van der Waals surface area contributed by atoms with Crippen LogP contribution in [0.4, 0.5) is 11.4 Å². The normalized spacial score (nSPS) is 12.0. The van der Waals surface area contributed by atoms with E-state index in [1.54, 1.807) is 18.2 Å². The molecule has 0 aromatic heterocycles. The molecule has 0 spiro atoms. The molecule has 11 nitrogen and oxygen atoms in total. The number of carbonyl (C=O) groups excluding carboxylic acids is 2. The van der Waals surface area contributed by atoms with Gasteiger partial charge in [0.05, 0.1) is 22.6 Å². The number of hydrogen-bond donors (Lipinski definition) is 1. The van der Waals surface area contributed by atoms with Gasteiger partial charge >= 0.3 is 0 Å². The quantitative estimate of drug-likeness (QED) is 0.164. The number of nitrogens with zero attached hydrogens (tertiary/aromatic N) is 3. The lowest BCUT2D eigenvalue weighted by Gasteiger charge is -2.33. The number of sulfonamides is 1. The van der Waals surface area contributed by atoms with E-state index in [2.05, 4.69) is 5.32 Å². The molecule has 1 atom stereocenters. The number of ether oxygens (including phenoxy) is 1. The van der Waals surface area contributed by atoms with Gasteiger partial charge in [-0.25, -0.2) is 8.42 Å². The largest absolute Gasteiger partial charge is 0.495 e. The highest BCUT2D eigenvalue weighted by atomic mass is 35.5. The Labute approximate surface area is 277 Å². The number of carbonyl (C=O) groups is 2. The average molecular weight is 700 g/mol. The van der Waals surface area contributed by atoms with Gasteiger partial charge in [-0.05, 0) is 56.2 Å². The van der Waals surface area contributed by atoms with Crippen LogP contribution in [0.5, 0.6) is 5.75 Å². The molecule has 1 N–H and O–H groups in total. The van der Waals surface area contributed by atoms with Crippen LogP contribution in [0.1, 0.15) is 31.9 Å². The first kappa shape index (κ1) is 35.9. The molecular formula is C30H33Cl3N4O7S. The number of aryl methyl sites for hydroxylation is 1. The molecule has 0 saturated carbocycles. The van der Waals surface area contributed by atoms with Crippen LogP contribution in [0.15, 0.2) is 59.5 Å². The van der Waals surface area contributed by atoms with Gasteiger partial charge < -0.3 is 15.0 Å². The van der Waals surface area contributed by atoms with Crippen LogP contribution in [0.3, 0.4) is 0 Å². The summed E-state index contributed by atoms with van der Waals surface area (Å²) in [4.78, 5) is 39.1. The maximum atomic E-state index is 14.2. The van der Waals surface area contributed by atoms with Crippen LogP contribution in [0.25, 0.3) is 0 Å². The highest BCUT2D eigenvalue weighted by Gasteiger charge is 2.35. The van der Waals surface area contributed by atoms with Crippen LogP contribution >= 0.6 is 34.8 Å². The van der Waals surface area contributed by atoms with E-state index in [1.807, 2.05) is 13.8 Å². The molecule has 2 amide bonds. The summed E-state index contributed by atoms with van der Waals surface area (Å²) in [5.74, 6) is -1.10. The number of rotatable bonds is 13. The van der Waals surface area contributed by atoms with Gasteiger partial charge in [-0.1, -0.05) is 60.8 Å². The van der Waals surface area contributed by atoms with E-state index < -0.39 is 49.9 Å². The summed E-state index contributed by atoms with van der Waals surface area (Å²) >= 11 is 19.1. The van der Waals surface area contributed by atoms with Crippen molar-refractivity contribution in [2.24, 2.45) is 5.92 Å². The Bertz CT molecular complexity index is 1680. The summed E-state index contributed by atoms with van der Waals surface area (Å²) in [6.07, 6.45) is 0. The molecule has 0 aliphatic heterocycles. The average Bonchev–Trinajstić information content (AvgIpc) is 2.97. The van der Waals surface area contributed by atoms with E-state index >= 15 is 0 Å². The third-order valence-electron chi connectivity index (χ3n) is 6.90. The summed E-state index contributed by atoms with van der Waals surface area (Å²) in [6, 6.07) is 11.3. The first-order valence-electron chi connectivity index (χ1n) is 13.7. The fourth-order valence-electron chi connectivity index (χ4n) is 4.33. The van der Waals surface area contributed by atoms with E-state index in [9.17, 15) is 28.1 Å². The van der Waals surface area contributed by atoms with Crippen molar-refractivity contribution in [2.45, 2.75) is 45.2 Å². The molecule has 0 saturated heterocycles. The Morgan fingerprint density at radius 1 is 1.02 bits per heavy atom. The van der Waals surface area contributed by atoms with Crippen molar-refractivity contribution in [1.82, 2.24) is 10.2 Å². The van der Waals surface area contributed by atoms with Crippen LogP contribution in [0, 0.1) is 23.0 Å². The predicted molar refractivity (Wildman–Crippen MR) is 175 cm³/mol. The monoisotopic (exact) mass is 698 g/mol. The Balaban J connectivity index is 2.18. The minimum absolute atomic E-state index is 0.0563. The number of nitro groups is 1. The third-order valence-corrected chi connectivity index (χ3v) is 9.59. The molecule has 45 heavy (non-hydrogen) atoms. The van der Waals surface area contributed by atoms with Crippen molar-refractivity contribution in [3.05, 3.63) is 90.9 Å². The van der Waals surface area contributed by atoms with E-state index in [4.69, 9.17) is 39.5 Å². The zero-order valence-corrected chi connectivity index (χ0v) is 28.3. The summed E-state index contributed by atoms with van der Waals surface area (Å²) in [7, 11) is -3.36. The zero-order valence-electron chi connectivity index (χ0n) is 25.2. The van der Waals surface area contributed by atoms with E-state index in [0.717, 1.165) is 10.4 Å². The molecule has 0 heterocycles. The number of anilines is 1. The third kappa shape index (κ3) is 8.57. The van der Waals surface area contributed by atoms with Crippen LogP contribution in [0.2, 0.25) is 15.1 Å². The van der Waals surface area contributed by atoms with Crippen LogP contribution in [-0.2, 0) is 26.2 Å². The first-order chi connectivity index (χ1) is 21.1. The van der Waals surface area contributed by atoms with E-state index in [1.165, 1.54) is 56.2 Å². The molecule has 0 radical (unpaired) electrons. The summed E-state index contributed by atoms with van der Waals surface area (Å²) in [5, 5.41) is 15.1. The van der Waals surface area contributed by atoms with Crippen LogP contribution in [-0.4, -0.2) is 56.3 Å². The van der Waals surface area contributed by atoms with Gasteiger partial charge in [-0.2, -0.15) is 0 Å². The molecule has 0 unspecified atom stereocenters. The molecular weight excluding hydrogens is 667 g/mol. The standard InChI is InChI=1S/C30H33Cl3N4O7S/c1-18(2)15-34-30(39)20(4)35(16-23-24(32)7-6-8-25(23)33)29(38)17-36(27-13-21(31)10-12-28(27)44-5)45(42,43)22-11-9-19(3)26(14-22)37(40)41/h6-14,18,20H,15-17H2,1-5H3,(H,34,39)/t20-/m0/s1. The van der Waals surface area contributed by atoms with Gasteiger partial charge in [-0.3, -0.25) is 24.0 Å². The molecule has 0 aliphatic carbocycles. The minimum atomic E-state index is -4.67. The lowest BCUT2D eigenvalue weighted by molar-refractivity contribution is -0.385. The Morgan fingerprint density at radius 2 is 1.67 bits per heavy atom. The van der Waals surface area contributed by atoms with Gasteiger partial charge in [0, 0.05) is 45.4 Å². The lowest BCUT2D eigenvalue weighted by atomic mass is 10.1. The molecule has 0 fully saturated rings. The number of nitrogens with one attached hydrogen (secondary N) is 1. The second-order valence-corrected chi connectivity index (χ2v) is 13.7. The van der Waals surface area contributed by atoms with Gasteiger partial charge in [-0.15, -0.1) is 0 Å².